The molecule has 2 aliphatic rings. The van der Waals surface area contributed by atoms with Crippen LogP contribution in [-0.4, -0.2) is 38.6 Å². The summed E-state index contributed by atoms with van der Waals surface area (Å²) in [5.74, 6) is 2.72. The van der Waals surface area contributed by atoms with Crippen molar-refractivity contribution in [3.8, 4) is 11.5 Å². The fourth-order valence-corrected chi connectivity index (χ4v) is 4.36. The van der Waals surface area contributed by atoms with Crippen LogP contribution >= 0.6 is 0 Å². The van der Waals surface area contributed by atoms with Crippen LogP contribution in [0.15, 0.2) is 22.9 Å². The van der Waals surface area contributed by atoms with Crippen LogP contribution in [0.1, 0.15) is 63.2 Å². The van der Waals surface area contributed by atoms with E-state index in [4.69, 9.17) is 4.52 Å². The number of likely N-dealkylation sites (tertiary alicyclic amines) is 1. The van der Waals surface area contributed by atoms with Crippen molar-refractivity contribution in [3.05, 3.63) is 24.2 Å². The highest BCUT2D eigenvalue weighted by Crippen LogP contribution is 2.31. The van der Waals surface area contributed by atoms with Gasteiger partial charge in [-0.25, -0.2) is 0 Å². The number of piperidine rings is 1. The van der Waals surface area contributed by atoms with Crippen molar-refractivity contribution < 1.29 is 9.32 Å². The van der Waals surface area contributed by atoms with E-state index in [1.165, 1.54) is 25.7 Å². The van der Waals surface area contributed by atoms with Gasteiger partial charge >= 0.3 is 0 Å². The fraction of sp³-hybridized carbons (Fsp3) is 0.650. The number of hydrogen-bond acceptors (Lipinski definition) is 4. The summed E-state index contributed by atoms with van der Waals surface area (Å²) in [7, 11) is 1.97. The lowest BCUT2D eigenvalue weighted by atomic mass is 9.95. The van der Waals surface area contributed by atoms with Gasteiger partial charge < -0.3 is 14.0 Å². The molecule has 140 valence electrons. The van der Waals surface area contributed by atoms with Gasteiger partial charge in [0.15, 0.2) is 0 Å². The van der Waals surface area contributed by atoms with Crippen LogP contribution in [0.25, 0.3) is 11.5 Å². The number of nitrogens with zero attached hydrogens (tertiary/aromatic N) is 4. The molecular weight excluding hydrogens is 328 g/mol. The third kappa shape index (κ3) is 3.69. The Hall–Kier alpha value is -2.11. The molecule has 1 aliphatic carbocycles. The molecule has 2 aromatic rings. The third-order valence-electron chi connectivity index (χ3n) is 6.05. The van der Waals surface area contributed by atoms with Gasteiger partial charge in [-0.05, 0) is 37.3 Å². The molecule has 26 heavy (non-hydrogen) atoms. The molecule has 4 rings (SSSR count). The molecule has 6 heteroatoms. The van der Waals surface area contributed by atoms with Crippen LogP contribution in [-0.2, 0) is 11.8 Å². The molecule has 0 radical (unpaired) electrons. The summed E-state index contributed by atoms with van der Waals surface area (Å²) in [5, 5.41) is 4.13. The Morgan fingerprint density at radius 1 is 1.23 bits per heavy atom. The number of carbonyl (C=O) groups is 1. The summed E-state index contributed by atoms with van der Waals surface area (Å²) < 4.78 is 7.50. The Balaban J connectivity index is 1.29. The van der Waals surface area contributed by atoms with Gasteiger partial charge in [-0.2, -0.15) is 4.98 Å². The normalized spacial score (nSPS) is 19.3. The molecule has 0 aromatic carbocycles. The second kappa shape index (κ2) is 7.64. The summed E-state index contributed by atoms with van der Waals surface area (Å²) in [6.07, 6.45) is 10.9. The zero-order chi connectivity index (χ0) is 17.9. The standard InChI is InChI=1S/C20H28N4O2/c1-23-12-4-7-17(23)19-21-20(26-22-19)16-10-13-24(14-11-16)18(25)9-8-15-5-2-3-6-15/h4,7,12,15-16H,2-3,5-6,8-11,13-14H2,1H3. The van der Waals surface area contributed by atoms with Crippen LogP contribution in [0.4, 0.5) is 0 Å². The predicted molar refractivity (Wildman–Crippen MR) is 98.5 cm³/mol. The van der Waals surface area contributed by atoms with Gasteiger partial charge in [0.05, 0.1) is 5.69 Å². The molecule has 0 unspecified atom stereocenters. The number of rotatable bonds is 5. The lowest BCUT2D eigenvalue weighted by molar-refractivity contribution is -0.132. The number of hydrogen-bond donors (Lipinski definition) is 0. The van der Waals surface area contributed by atoms with E-state index >= 15 is 0 Å². The van der Waals surface area contributed by atoms with E-state index in [0.29, 0.717) is 24.0 Å². The lowest BCUT2D eigenvalue weighted by Crippen LogP contribution is -2.38. The van der Waals surface area contributed by atoms with Crippen LogP contribution in [0.3, 0.4) is 0 Å². The van der Waals surface area contributed by atoms with E-state index < -0.39 is 0 Å². The Bertz CT molecular complexity index is 737. The van der Waals surface area contributed by atoms with Gasteiger partial charge in [0.2, 0.25) is 17.6 Å². The number of aromatic nitrogens is 3. The molecule has 6 nitrogen and oxygen atoms in total. The minimum Gasteiger partial charge on any atom is -0.348 e. The van der Waals surface area contributed by atoms with Gasteiger partial charge in [-0.3, -0.25) is 4.79 Å². The number of aryl methyl sites for hydroxylation is 1. The lowest BCUT2D eigenvalue weighted by Gasteiger charge is -2.30. The minimum atomic E-state index is 0.260. The zero-order valence-electron chi connectivity index (χ0n) is 15.6. The maximum atomic E-state index is 12.5. The summed E-state index contributed by atoms with van der Waals surface area (Å²) in [5.41, 5.74) is 0.958. The molecule has 1 saturated carbocycles. The van der Waals surface area contributed by atoms with E-state index in [0.717, 1.165) is 44.0 Å². The van der Waals surface area contributed by atoms with Gasteiger partial charge in [0.25, 0.3) is 0 Å². The highest BCUT2D eigenvalue weighted by molar-refractivity contribution is 5.76. The summed E-state index contributed by atoms with van der Waals surface area (Å²) >= 11 is 0. The van der Waals surface area contributed by atoms with Crippen molar-refractivity contribution in [1.29, 1.82) is 0 Å². The average Bonchev–Trinajstić information content (AvgIpc) is 3.41. The quantitative estimate of drug-likeness (QED) is 0.818. The average molecular weight is 356 g/mol. The zero-order valence-corrected chi connectivity index (χ0v) is 15.6. The Morgan fingerprint density at radius 2 is 2.00 bits per heavy atom. The van der Waals surface area contributed by atoms with Crippen molar-refractivity contribution in [2.24, 2.45) is 13.0 Å². The first-order valence-corrected chi connectivity index (χ1v) is 9.94. The van der Waals surface area contributed by atoms with E-state index in [9.17, 15) is 4.79 Å². The molecule has 2 aromatic heterocycles. The SMILES string of the molecule is Cn1cccc1-c1noc(C2CCN(C(=O)CCC3CCCC3)CC2)n1. The minimum absolute atomic E-state index is 0.260. The second-order valence-electron chi connectivity index (χ2n) is 7.80. The first kappa shape index (κ1) is 17.3. The third-order valence-corrected chi connectivity index (χ3v) is 6.05. The molecular formula is C20H28N4O2. The number of amides is 1. The van der Waals surface area contributed by atoms with Crippen molar-refractivity contribution in [2.75, 3.05) is 13.1 Å². The van der Waals surface area contributed by atoms with Crippen LogP contribution < -0.4 is 0 Å². The van der Waals surface area contributed by atoms with Crippen LogP contribution in [0, 0.1) is 5.92 Å². The van der Waals surface area contributed by atoms with E-state index in [1.807, 2.05) is 34.8 Å². The summed E-state index contributed by atoms with van der Waals surface area (Å²) in [6.45, 7) is 1.60. The molecule has 1 amide bonds. The predicted octanol–water partition coefficient (Wildman–Crippen LogP) is 3.75. The Kier molecular flexibility index (Phi) is 5.09. The molecule has 0 bridgehead atoms. The fourth-order valence-electron chi connectivity index (χ4n) is 4.36. The summed E-state index contributed by atoms with van der Waals surface area (Å²) in [6, 6.07) is 3.96. The highest BCUT2D eigenvalue weighted by atomic mass is 16.5. The Labute approximate surface area is 154 Å². The first-order valence-electron chi connectivity index (χ1n) is 9.94. The molecule has 2 fully saturated rings. The van der Waals surface area contributed by atoms with Crippen molar-refractivity contribution in [3.63, 3.8) is 0 Å². The molecule has 1 saturated heterocycles. The van der Waals surface area contributed by atoms with Gasteiger partial charge in [-0.1, -0.05) is 30.8 Å². The van der Waals surface area contributed by atoms with Gasteiger partial charge in [0.1, 0.15) is 0 Å². The van der Waals surface area contributed by atoms with Crippen LogP contribution in [0.2, 0.25) is 0 Å². The Morgan fingerprint density at radius 3 is 2.69 bits per heavy atom. The van der Waals surface area contributed by atoms with E-state index in [1.54, 1.807) is 0 Å². The largest absolute Gasteiger partial charge is 0.348 e. The monoisotopic (exact) mass is 356 g/mol. The van der Waals surface area contributed by atoms with E-state index in [-0.39, 0.29) is 5.92 Å². The molecule has 0 spiro atoms. The number of carbonyl (C=O) groups excluding carboxylic acids is 1. The maximum absolute atomic E-state index is 12.5. The van der Waals surface area contributed by atoms with Crippen molar-refractivity contribution >= 4 is 5.91 Å². The van der Waals surface area contributed by atoms with Crippen molar-refractivity contribution in [2.45, 2.75) is 57.3 Å². The maximum Gasteiger partial charge on any atom is 0.230 e. The van der Waals surface area contributed by atoms with E-state index in [2.05, 4.69) is 10.1 Å². The first-order chi connectivity index (χ1) is 12.7. The van der Waals surface area contributed by atoms with Crippen molar-refractivity contribution in [1.82, 2.24) is 19.6 Å². The van der Waals surface area contributed by atoms with Gasteiger partial charge in [0, 0.05) is 38.7 Å². The summed E-state index contributed by atoms with van der Waals surface area (Å²) in [4.78, 5) is 19.1. The van der Waals surface area contributed by atoms with Crippen LogP contribution in [0.5, 0.6) is 0 Å². The second-order valence-corrected chi connectivity index (χ2v) is 7.80. The highest BCUT2D eigenvalue weighted by Gasteiger charge is 2.28. The molecule has 3 heterocycles. The van der Waals surface area contributed by atoms with Gasteiger partial charge in [-0.15, -0.1) is 0 Å². The molecule has 1 aliphatic heterocycles. The molecule has 0 atom stereocenters. The topological polar surface area (TPSA) is 64.2 Å². The smallest absolute Gasteiger partial charge is 0.230 e. The molecule has 0 N–H and O–H groups in total.